The maximum absolute atomic E-state index is 14.3. The summed E-state index contributed by atoms with van der Waals surface area (Å²) in [6.07, 6.45) is -0.388. The van der Waals surface area contributed by atoms with Crippen LogP contribution in [0.2, 0.25) is 0 Å². The summed E-state index contributed by atoms with van der Waals surface area (Å²) >= 11 is 0. The number of hydrogen-bond donors (Lipinski definition) is 1. The normalized spacial score (nSPS) is 23.4. The van der Waals surface area contributed by atoms with Gasteiger partial charge in [0.2, 0.25) is 0 Å². The van der Waals surface area contributed by atoms with E-state index >= 15 is 0 Å². The lowest BCUT2D eigenvalue weighted by molar-refractivity contribution is 0.127. The van der Waals surface area contributed by atoms with Gasteiger partial charge >= 0.3 is 6.03 Å². The topological polar surface area (TPSA) is 44.8 Å². The lowest BCUT2D eigenvalue weighted by Crippen LogP contribution is -2.49. The molecule has 2 aromatic rings. The molecule has 0 radical (unpaired) electrons. The zero-order valence-corrected chi connectivity index (χ0v) is 17.3. The van der Waals surface area contributed by atoms with Gasteiger partial charge in [0.25, 0.3) is 0 Å². The van der Waals surface area contributed by atoms with E-state index in [9.17, 15) is 9.18 Å². The second-order valence-electron chi connectivity index (χ2n) is 7.35. The number of carbonyl (C=O) groups is 1. The maximum Gasteiger partial charge on any atom is 0.318 e. The van der Waals surface area contributed by atoms with E-state index in [1.807, 2.05) is 5.32 Å². The van der Waals surface area contributed by atoms with Gasteiger partial charge in [-0.3, -0.25) is 0 Å². The summed E-state index contributed by atoms with van der Waals surface area (Å²) in [7, 11) is 0. The van der Waals surface area contributed by atoms with Crippen LogP contribution >= 0.6 is 0 Å². The smallest absolute Gasteiger partial charge is 0.318 e. The number of hydrogen-bond acceptors (Lipinski definition) is 3. The minimum Gasteiger partial charge on any atom is -0.493 e. The van der Waals surface area contributed by atoms with Crippen LogP contribution in [0.3, 0.4) is 0 Å². The molecule has 2 amide bonds. The fourth-order valence-electron chi connectivity index (χ4n) is 2.77. The third kappa shape index (κ3) is 7.24. The number of halogens is 1. The highest BCUT2D eigenvalue weighted by Gasteiger charge is 2.27. The van der Waals surface area contributed by atoms with Crippen LogP contribution in [0.15, 0.2) is 48.3 Å². The molecule has 168 valence electrons. The highest BCUT2D eigenvalue weighted by molar-refractivity contribution is 5.74. The monoisotopic (exact) mass is 442 g/mol. The van der Waals surface area contributed by atoms with Crippen molar-refractivity contribution in [2.24, 2.45) is 5.92 Å². The minimum absolute atomic E-state index is 0.0314. The summed E-state index contributed by atoms with van der Waals surface area (Å²) in [5, 5.41) is 1.89. The standard InChI is InChI=1S/C25H34FN3O2/c1-19(2)18-31-24-10-6-20(7-11-24)16-27-25(30)29(23-12-14-28(3)15-13-23)17-21-4-8-22(26)9-5-21/h4-11,19,23H,12-18H2,1-3H3,(H,27,30)/i3D3,4D,5D,6D,7D,8D,9D,10D,11D,16D2,17D2. The molecule has 2 aromatic carbocycles. The van der Waals surface area contributed by atoms with Gasteiger partial charge in [-0.25, -0.2) is 9.18 Å². The first-order chi connectivity index (χ1) is 21.0. The number of benzene rings is 2. The number of nitrogens with zero attached hydrogens (tertiary/aromatic N) is 2. The fourth-order valence-corrected chi connectivity index (χ4v) is 2.77. The van der Waals surface area contributed by atoms with Crippen LogP contribution in [0.25, 0.3) is 0 Å². The third-order valence-electron chi connectivity index (χ3n) is 4.33. The van der Waals surface area contributed by atoms with Crippen LogP contribution in [-0.2, 0) is 13.0 Å². The average molecular weight is 443 g/mol. The second kappa shape index (κ2) is 11.1. The van der Waals surface area contributed by atoms with Crippen molar-refractivity contribution in [3.05, 3.63) is 65.3 Å². The number of rotatable bonds is 8. The molecule has 1 N–H and O–H groups in total. The number of ether oxygens (including phenoxy) is 1. The Kier molecular flexibility index (Phi) is 3.72. The number of nitrogens with one attached hydrogen (secondary N) is 1. The average Bonchev–Trinajstić information content (AvgIpc) is 2.93. The van der Waals surface area contributed by atoms with Crippen LogP contribution in [0.5, 0.6) is 5.75 Å². The Hall–Kier alpha value is -2.60. The van der Waals surface area contributed by atoms with Crippen molar-refractivity contribution in [3.8, 4) is 5.75 Å². The Morgan fingerprint density at radius 1 is 1.23 bits per heavy atom. The molecule has 0 aliphatic carbocycles. The first kappa shape index (κ1) is 10.3. The molecule has 0 atom stereocenters. The summed E-state index contributed by atoms with van der Waals surface area (Å²) in [6.45, 7) is -5.75. The van der Waals surface area contributed by atoms with Gasteiger partial charge in [0.05, 0.1) is 23.1 Å². The van der Waals surface area contributed by atoms with E-state index in [2.05, 4.69) is 0 Å². The van der Waals surface area contributed by atoms with Crippen LogP contribution in [-0.4, -0.2) is 48.5 Å². The van der Waals surface area contributed by atoms with Crippen molar-refractivity contribution in [1.29, 1.82) is 0 Å². The largest absolute Gasteiger partial charge is 0.493 e. The molecule has 5 nitrogen and oxygen atoms in total. The molecule has 0 aromatic heterocycles. The second-order valence-corrected chi connectivity index (χ2v) is 7.35. The van der Waals surface area contributed by atoms with E-state index in [1.54, 1.807) is 13.8 Å². The quantitative estimate of drug-likeness (QED) is 0.646. The van der Waals surface area contributed by atoms with E-state index in [1.165, 1.54) is 0 Å². The zero-order chi connectivity index (χ0) is 35.3. The van der Waals surface area contributed by atoms with Gasteiger partial charge in [0.15, 0.2) is 0 Å². The number of likely N-dealkylation sites (tertiary alicyclic amines) is 1. The van der Waals surface area contributed by atoms with Crippen LogP contribution in [0.1, 0.15) is 58.4 Å². The van der Waals surface area contributed by atoms with Gasteiger partial charge in [0.1, 0.15) is 11.6 Å². The maximum atomic E-state index is 14.3. The van der Waals surface area contributed by atoms with E-state index in [0.717, 1.165) is 4.90 Å². The molecule has 1 aliphatic rings. The van der Waals surface area contributed by atoms with Crippen molar-refractivity contribution in [1.82, 2.24) is 15.1 Å². The van der Waals surface area contributed by atoms with Crippen molar-refractivity contribution in [2.45, 2.75) is 45.7 Å². The molecule has 0 unspecified atom stereocenters. The Labute approximate surface area is 206 Å². The van der Waals surface area contributed by atoms with Crippen LogP contribution in [0, 0.1) is 11.7 Å². The van der Waals surface area contributed by atoms with Crippen molar-refractivity contribution in [3.63, 3.8) is 0 Å². The summed E-state index contributed by atoms with van der Waals surface area (Å²) in [5.41, 5.74) is -1.94. The van der Waals surface area contributed by atoms with Crippen molar-refractivity contribution >= 4 is 6.03 Å². The molecule has 3 rings (SSSR count). The molecular formula is C25H34FN3O2. The van der Waals surface area contributed by atoms with Crippen molar-refractivity contribution < 1.29 is 34.5 Å². The summed E-state index contributed by atoms with van der Waals surface area (Å²) in [6, 6.07) is -10.7. The number of urea groups is 1. The number of carbonyl (C=O) groups excluding carboxylic acids is 1. The third-order valence-corrected chi connectivity index (χ3v) is 4.33. The first-order valence-electron chi connectivity index (χ1n) is 17.3. The highest BCUT2D eigenvalue weighted by Crippen LogP contribution is 2.19. The van der Waals surface area contributed by atoms with Gasteiger partial charge < -0.3 is 19.9 Å². The predicted octanol–water partition coefficient (Wildman–Crippen LogP) is 4.67. The molecule has 0 saturated carbocycles. The van der Waals surface area contributed by atoms with E-state index in [4.69, 9.17) is 25.3 Å². The highest BCUT2D eigenvalue weighted by atomic mass is 19.1. The van der Waals surface area contributed by atoms with Crippen LogP contribution < -0.4 is 10.1 Å². The molecule has 0 spiro atoms. The van der Waals surface area contributed by atoms with Crippen molar-refractivity contribution in [2.75, 3.05) is 26.7 Å². The Bertz CT molecular complexity index is 1440. The van der Waals surface area contributed by atoms with E-state index in [0.29, 0.717) is 4.90 Å². The first-order valence-corrected chi connectivity index (χ1v) is 9.83. The SMILES string of the molecule is [2H]c1c([2H])c(C([2H])([2H])N(C(=O)NC([2H])([2H])c2c([2H])c([2H])c(OCC(C)C)c([2H])c2[2H])C2CCN(C([2H])([2H])[2H])CC2)c([2H])c([2H])c1F. The molecule has 31 heavy (non-hydrogen) atoms. The molecular weight excluding hydrogens is 393 g/mol. The van der Waals surface area contributed by atoms with Gasteiger partial charge in [0, 0.05) is 23.1 Å². The summed E-state index contributed by atoms with van der Waals surface area (Å²) < 4.78 is 143. The molecule has 1 saturated heterocycles. The summed E-state index contributed by atoms with van der Waals surface area (Å²) in [4.78, 5) is 15.4. The van der Waals surface area contributed by atoms with E-state index in [-0.39, 0.29) is 38.5 Å². The lowest BCUT2D eigenvalue weighted by Gasteiger charge is -2.37. The fraction of sp³-hybridized carbons (Fsp3) is 0.480. The molecule has 1 aliphatic heterocycles. The Morgan fingerprint density at radius 2 is 1.87 bits per heavy atom. The van der Waals surface area contributed by atoms with Gasteiger partial charge in [-0.05, 0) is 74.1 Å². The van der Waals surface area contributed by atoms with Crippen LogP contribution in [0.4, 0.5) is 9.18 Å². The number of amides is 2. The number of piperidine rings is 1. The molecule has 6 heteroatoms. The zero-order valence-electron chi connectivity index (χ0n) is 32.3. The van der Waals surface area contributed by atoms with Gasteiger partial charge in [-0.1, -0.05) is 38.0 Å². The molecule has 1 heterocycles. The Morgan fingerprint density at radius 3 is 2.48 bits per heavy atom. The van der Waals surface area contributed by atoms with Gasteiger partial charge in [-0.15, -0.1) is 0 Å². The van der Waals surface area contributed by atoms with Gasteiger partial charge in [-0.2, -0.15) is 0 Å². The predicted molar refractivity (Wildman–Crippen MR) is 121 cm³/mol. The summed E-state index contributed by atoms with van der Waals surface area (Å²) in [5.74, 6) is -2.04. The lowest BCUT2D eigenvalue weighted by atomic mass is 10.0. The minimum atomic E-state index is -3.27. The Balaban J connectivity index is 2.14. The van der Waals surface area contributed by atoms with E-state index < -0.39 is 103 Å². The molecule has 0 bridgehead atoms. The molecule has 1 fully saturated rings.